The Hall–Kier alpha value is -6.96. The summed E-state index contributed by atoms with van der Waals surface area (Å²) in [5.74, 6) is 0. The lowest BCUT2D eigenvalue weighted by molar-refractivity contribution is 1.22. The molecule has 0 aromatic heterocycles. The van der Waals surface area contributed by atoms with Gasteiger partial charge >= 0.3 is 0 Å². The van der Waals surface area contributed by atoms with Gasteiger partial charge in [-0.25, -0.2) is 5.32 Å². The summed E-state index contributed by atoms with van der Waals surface area (Å²) in [5.41, 5.74) is 1.97. The molecule has 0 heterocycles. The summed E-state index contributed by atoms with van der Waals surface area (Å²) in [4.78, 5) is 0. The van der Waals surface area contributed by atoms with E-state index in [2.05, 4.69) is 182 Å². The fourth-order valence-corrected chi connectivity index (χ4v) is 8.84. The molecule has 0 fully saturated rings. The van der Waals surface area contributed by atoms with Gasteiger partial charge < -0.3 is 0 Å². The highest BCUT2D eigenvalue weighted by atomic mass is 14.9. The molecule has 0 saturated carbocycles. The molecule has 243 valence electrons. The third-order valence-corrected chi connectivity index (χ3v) is 11.5. The van der Waals surface area contributed by atoms with Crippen molar-refractivity contribution in [2.75, 3.05) is 0 Å². The molecule has 0 spiro atoms. The Morgan fingerprint density at radius 2 is 0.472 bits per heavy atom. The summed E-state index contributed by atoms with van der Waals surface area (Å²) in [5, 5.41) is 30.3. The topological polar surface area (TPSA) is 14.1 Å². The van der Waals surface area contributed by atoms with E-state index in [1.807, 2.05) is 0 Å². The maximum absolute atomic E-state index is 5.44. The van der Waals surface area contributed by atoms with Crippen LogP contribution in [-0.2, 0) is 0 Å². The molecule has 12 aromatic carbocycles. The number of benzene rings is 12. The molecule has 0 unspecified atom stereocenters. The molecule has 0 amide bonds. The van der Waals surface area contributed by atoms with Crippen molar-refractivity contribution >= 4 is 119 Å². The van der Waals surface area contributed by atoms with Crippen molar-refractivity contribution in [1.82, 2.24) is 5.32 Å². The van der Waals surface area contributed by atoms with Crippen molar-refractivity contribution in [3.8, 4) is 0 Å². The third kappa shape index (κ3) is 4.44. The number of nitrogens with zero attached hydrogens (tertiary/aromatic N) is 1. The van der Waals surface area contributed by atoms with Crippen LogP contribution in [-0.4, -0.2) is 0 Å². The van der Waals surface area contributed by atoms with E-state index in [1.54, 1.807) is 0 Å². The molecule has 0 atom stereocenters. The minimum atomic E-state index is 0.983. The predicted molar refractivity (Wildman–Crippen MR) is 229 cm³/mol. The first-order valence-electron chi connectivity index (χ1n) is 18.3. The van der Waals surface area contributed by atoms with Gasteiger partial charge in [0.05, 0.1) is 11.4 Å². The van der Waals surface area contributed by atoms with Gasteiger partial charge in [-0.2, -0.15) is 0 Å². The number of hydrogen-bond acceptors (Lipinski definition) is 0. The van der Waals surface area contributed by atoms with Crippen LogP contribution in [0, 0.1) is 0 Å². The van der Waals surface area contributed by atoms with Crippen LogP contribution in [0.2, 0.25) is 0 Å². The van der Waals surface area contributed by atoms with Crippen LogP contribution in [0.5, 0.6) is 0 Å². The molecule has 53 heavy (non-hydrogen) atoms. The second-order valence-corrected chi connectivity index (χ2v) is 14.6. The summed E-state index contributed by atoms with van der Waals surface area (Å²) < 4.78 is 0. The minimum Gasteiger partial charge on any atom is -0.248 e. The lowest BCUT2D eigenvalue weighted by Crippen LogP contribution is -1.92. The van der Waals surface area contributed by atoms with Crippen LogP contribution < -0.4 is 5.32 Å². The van der Waals surface area contributed by atoms with Gasteiger partial charge in [0.1, 0.15) is 0 Å². The lowest BCUT2D eigenvalue weighted by Gasteiger charge is -2.14. The molecule has 0 aliphatic heterocycles. The fraction of sp³-hybridized carbons (Fsp3) is 0. The summed E-state index contributed by atoms with van der Waals surface area (Å²) in [7, 11) is 0. The van der Waals surface area contributed by atoms with E-state index in [0.29, 0.717) is 0 Å². The zero-order chi connectivity index (χ0) is 34.6. The van der Waals surface area contributed by atoms with Crippen molar-refractivity contribution < 1.29 is 0 Å². The lowest BCUT2D eigenvalue weighted by atomic mass is 9.94. The molecule has 0 aliphatic carbocycles. The summed E-state index contributed by atoms with van der Waals surface area (Å²) in [6.45, 7) is 0. The second-order valence-electron chi connectivity index (χ2n) is 14.6. The Morgan fingerprint density at radius 1 is 0.189 bits per heavy atom. The van der Waals surface area contributed by atoms with Gasteiger partial charge in [-0.15, -0.1) is 0 Å². The maximum Gasteiger partial charge on any atom is 0.0715 e. The molecule has 0 N–H and O–H groups in total. The molecule has 1 nitrogen and oxygen atoms in total. The molecular weight excluding hydrogens is 639 g/mol. The molecule has 12 rings (SSSR count). The average Bonchev–Trinajstić information content (AvgIpc) is 3.19. The van der Waals surface area contributed by atoms with Crippen molar-refractivity contribution in [1.29, 1.82) is 0 Å². The monoisotopic (exact) mass is 668 g/mol. The van der Waals surface area contributed by atoms with Gasteiger partial charge in [-0.3, -0.25) is 0 Å². The van der Waals surface area contributed by atoms with E-state index in [9.17, 15) is 0 Å². The van der Waals surface area contributed by atoms with Crippen LogP contribution in [0.4, 0.5) is 11.4 Å². The normalized spacial score (nSPS) is 12.2. The highest BCUT2D eigenvalue weighted by molar-refractivity contribution is 6.19. The highest BCUT2D eigenvalue weighted by Gasteiger charge is 2.13. The van der Waals surface area contributed by atoms with Crippen molar-refractivity contribution in [3.05, 3.63) is 182 Å². The summed E-state index contributed by atoms with van der Waals surface area (Å²) in [6.07, 6.45) is 0. The highest BCUT2D eigenvalue weighted by Crippen LogP contribution is 2.39. The smallest absolute Gasteiger partial charge is 0.0715 e. The summed E-state index contributed by atoms with van der Waals surface area (Å²) in [6, 6.07) is 67.4. The fourth-order valence-electron chi connectivity index (χ4n) is 8.84. The zero-order valence-corrected chi connectivity index (χ0v) is 28.8. The predicted octanol–water partition coefficient (Wildman–Crippen LogP) is 14.8. The Labute approximate surface area is 305 Å². The SMILES string of the molecule is c1ccc2cc3cc4c(ccc5cc6cccc([N]c7cccc8cc9ccc%10cc%11cc%12ccccc%12cc%11cc%10c9cc78)c6cc54)cc3cc2c1. The van der Waals surface area contributed by atoms with Crippen molar-refractivity contribution in [2.45, 2.75) is 0 Å². The van der Waals surface area contributed by atoms with Gasteiger partial charge in [-0.05, 0) is 182 Å². The van der Waals surface area contributed by atoms with E-state index in [4.69, 9.17) is 5.32 Å². The Balaban J connectivity index is 1.03. The van der Waals surface area contributed by atoms with Crippen molar-refractivity contribution in [2.24, 2.45) is 0 Å². The molecule has 0 aliphatic rings. The Bertz CT molecular complexity index is 3300. The largest absolute Gasteiger partial charge is 0.248 e. The van der Waals surface area contributed by atoms with E-state index < -0.39 is 0 Å². The molecule has 0 saturated heterocycles. The quantitative estimate of drug-likeness (QED) is 0.129. The van der Waals surface area contributed by atoms with Gasteiger partial charge in [0.25, 0.3) is 0 Å². The van der Waals surface area contributed by atoms with E-state index >= 15 is 0 Å². The molecule has 0 bridgehead atoms. The number of fused-ring (bicyclic) bond motifs is 12. The Kier molecular flexibility index (Phi) is 5.84. The van der Waals surface area contributed by atoms with Gasteiger partial charge in [0.15, 0.2) is 0 Å². The molecule has 12 aromatic rings. The first-order chi connectivity index (χ1) is 26.2. The van der Waals surface area contributed by atoms with Gasteiger partial charge in [0, 0.05) is 10.8 Å². The molecule has 1 heteroatoms. The van der Waals surface area contributed by atoms with Crippen LogP contribution in [0.3, 0.4) is 0 Å². The van der Waals surface area contributed by atoms with Crippen LogP contribution >= 0.6 is 0 Å². The van der Waals surface area contributed by atoms with E-state index in [0.717, 1.165) is 22.1 Å². The zero-order valence-electron chi connectivity index (χ0n) is 28.8. The van der Waals surface area contributed by atoms with E-state index in [-0.39, 0.29) is 0 Å². The number of hydrogen-bond donors (Lipinski definition) is 0. The first-order valence-corrected chi connectivity index (χ1v) is 18.3. The minimum absolute atomic E-state index is 0.983. The van der Waals surface area contributed by atoms with Crippen LogP contribution in [0.25, 0.3) is 108 Å². The first kappa shape index (κ1) is 28.7. The number of rotatable bonds is 2. The standard InChI is InChI=1S/C52H30N/c1-3-9-33-21-43-27-45-39(25-41(43)19-31(33)7-1)17-15-37-23-35-11-5-13-51(49(35)29-47(37)45)53-52-14-6-12-36-24-38-16-18-40-26-42-20-32-8-2-4-10-34(32)22-44(42)28-46(40)48(38)30-50(36)52/h1-30H. The second kappa shape index (κ2) is 10.8. The van der Waals surface area contributed by atoms with Crippen molar-refractivity contribution in [3.63, 3.8) is 0 Å². The van der Waals surface area contributed by atoms with Gasteiger partial charge in [-0.1, -0.05) is 97.1 Å². The third-order valence-electron chi connectivity index (χ3n) is 11.5. The molecule has 1 radical (unpaired) electrons. The summed E-state index contributed by atoms with van der Waals surface area (Å²) >= 11 is 0. The van der Waals surface area contributed by atoms with Crippen LogP contribution in [0.15, 0.2) is 182 Å². The Morgan fingerprint density at radius 3 is 0.868 bits per heavy atom. The maximum atomic E-state index is 5.44. The molecular formula is C52H30N. The average molecular weight is 669 g/mol. The van der Waals surface area contributed by atoms with E-state index in [1.165, 1.54) is 97.0 Å². The van der Waals surface area contributed by atoms with Crippen LogP contribution in [0.1, 0.15) is 0 Å². The van der Waals surface area contributed by atoms with Gasteiger partial charge in [0.2, 0.25) is 0 Å².